The van der Waals surface area contributed by atoms with Gasteiger partial charge in [-0.2, -0.15) is 0 Å². The molecule has 0 radical (unpaired) electrons. The van der Waals surface area contributed by atoms with Crippen LogP contribution < -0.4 is 10.5 Å². The van der Waals surface area contributed by atoms with E-state index in [4.69, 9.17) is 19.9 Å². The lowest BCUT2D eigenvalue weighted by Gasteiger charge is -2.24. The maximum Gasteiger partial charge on any atom is 0.183 e. The molecule has 0 atom stereocenters. The minimum atomic E-state index is -0.286. The molecule has 4 nitrogen and oxygen atoms in total. The SMILES string of the molecule is CCCCOc1ccc(C2OCCCO2)cc1N. The molecule has 1 saturated heterocycles. The third-order valence-electron chi connectivity index (χ3n) is 2.89. The molecule has 0 unspecified atom stereocenters. The molecular weight excluding hydrogens is 230 g/mol. The molecule has 1 aromatic rings. The molecule has 0 bridgehead atoms. The van der Waals surface area contributed by atoms with E-state index < -0.39 is 0 Å². The number of anilines is 1. The first-order chi connectivity index (χ1) is 8.81. The van der Waals surface area contributed by atoms with Crippen molar-refractivity contribution in [1.82, 2.24) is 0 Å². The van der Waals surface area contributed by atoms with Crippen molar-refractivity contribution in [1.29, 1.82) is 0 Å². The number of nitrogen functional groups attached to an aromatic ring is 1. The van der Waals surface area contributed by atoms with Gasteiger partial charge < -0.3 is 19.9 Å². The van der Waals surface area contributed by atoms with Crippen molar-refractivity contribution in [2.24, 2.45) is 0 Å². The molecule has 1 aromatic carbocycles. The molecule has 1 aliphatic heterocycles. The summed E-state index contributed by atoms with van der Waals surface area (Å²) in [5.41, 5.74) is 7.57. The third-order valence-corrected chi connectivity index (χ3v) is 2.89. The summed E-state index contributed by atoms with van der Waals surface area (Å²) in [6.45, 7) is 4.31. The number of nitrogens with two attached hydrogens (primary N) is 1. The van der Waals surface area contributed by atoms with Gasteiger partial charge in [-0.25, -0.2) is 0 Å². The maximum atomic E-state index is 5.97. The van der Waals surface area contributed by atoms with Gasteiger partial charge in [0.1, 0.15) is 5.75 Å². The molecule has 1 heterocycles. The second kappa shape index (κ2) is 6.61. The minimum absolute atomic E-state index is 0.286. The van der Waals surface area contributed by atoms with E-state index in [1.807, 2.05) is 18.2 Å². The Kier molecular flexibility index (Phi) is 4.84. The molecule has 0 aliphatic carbocycles. The first-order valence-electron chi connectivity index (χ1n) is 6.56. The largest absolute Gasteiger partial charge is 0.491 e. The molecule has 1 fully saturated rings. The first kappa shape index (κ1) is 13.2. The van der Waals surface area contributed by atoms with Crippen molar-refractivity contribution in [3.05, 3.63) is 23.8 Å². The highest BCUT2D eigenvalue weighted by molar-refractivity contribution is 5.54. The molecule has 0 aromatic heterocycles. The minimum Gasteiger partial charge on any atom is -0.491 e. The van der Waals surface area contributed by atoms with Crippen LogP contribution in [0.25, 0.3) is 0 Å². The van der Waals surface area contributed by atoms with E-state index >= 15 is 0 Å². The van der Waals surface area contributed by atoms with Gasteiger partial charge in [0.15, 0.2) is 6.29 Å². The summed E-state index contributed by atoms with van der Waals surface area (Å²) in [5.74, 6) is 0.739. The Bertz CT molecular complexity index is 375. The lowest BCUT2D eigenvalue weighted by atomic mass is 10.1. The van der Waals surface area contributed by atoms with Crippen molar-refractivity contribution >= 4 is 5.69 Å². The molecule has 100 valence electrons. The fraction of sp³-hybridized carbons (Fsp3) is 0.571. The number of benzene rings is 1. The van der Waals surface area contributed by atoms with Crippen LogP contribution >= 0.6 is 0 Å². The Morgan fingerprint density at radius 2 is 2.11 bits per heavy atom. The molecule has 4 heteroatoms. The van der Waals surface area contributed by atoms with E-state index in [2.05, 4.69) is 6.92 Å². The van der Waals surface area contributed by atoms with Crippen LogP contribution in [0.2, 0.25) is 0 Å². The zero-order chi connectivity index (χ0) is 12.8. The van der Waals surface area contributed by atoms with E-state index in [0.29, 0.717) is 12.3 Å². The topological polar surface area (TPSA) is 53.7 Å². The Morgan fingerprint density at radius 3 is 2.78 bits per heavy atom. The monoisotopic (exact) mass is 251 g/mol. The summed E-state index contributed by atoms with van der Waals surface area (Å²) >= 11 is 0. The van der Waals surface area contributed by atoms with Crippen molar-refractivity contribution in [2.45, 2.75) is 32.5 Å². The van der Waals surface area contributed by atoms with Gasteiger partial charge in [0.25, 0.3) is 0 Å². The fourth-order valence-corrected chi connectivity index (χ4v) is 1.85. The maximum absolute atomic E-state index is 5.97. The summed E-state index contributed by atoms with van der Waals surface area (Å²) in [6, 6.07) is 5.71. The quantitative estimate of drug-likeness (QED) is 0.646. The number of hydrogen-bond donors (Lipinski definition) is 1. The van der Waals surface area contributed by atoms with Gasteiger partial charge >= 0.3 is 0 Å². The van der Waals surface area contributed by atoms with Crippen LogP contribution in [0.4, 0.5) is 5.69 Å². The molecule has 0 saturated carbocycles. The smallest absolute Gasteiger partial charge is 0.183 e. The van der Waals surface area contributed by atoms with Gasteiger partial charge in [0.05, 0.1) is 25.5 Å². The van der Waals surface area contributed by atoms with Gasteiger partial charge in [0.2, 0.25) is 0 Å². The average Bonchev–Trinajstić information content (AvgIpc) is 2.42. The van der Waals surface area contributed by atoms with Gasteiger partial charge in [-0.15, -0.1) is 0 Å². The summed E-state index contributed by atoms with van der Waals surface area (Å²) in [4.78, 5) is 0. The van der Waals surface area contributed by atoms with Gasteiger partial charge in [-0.3, -0.25) is 0 Å². The van der Waals surface area contributed by atoms with Crippen molar-refractivity contribution < 1.29 is 14.2 Å². The van der Waals surface area contributed by atoms with E-state index in [9.17, 15) is 0 Å². The van der Waals surface area contributed by atoms with Crippen LogP contribution in [-0.2, 0) is 9.47 Å². The van der Waals surface area contributed by atoms with Crippen LogP contribution in [0, 0.1) is 0 Å². The second-order valence-corrected chi connectivity index (χ2v) is 4.43. The number of ether oxygens (including phenoxy) is 3. The van der Waals surface area contributed by atoms with E-state index in [1.54, 1.807) is 0 Å². The zero-order valence-electron chi connectivity index (χ0n) is 10.9. The second-order valence-electron chi connectivity index (χ2n) is 4.43. The number of hydrogen-bond acceptors (Lipinski definition) is 4. The fourth-order valence-electron chi connectivity index (χ4n) is 1.85. The molecule has 18 heavy (non-hydrogen) atoms. The van der Waals surface area contributed by atoms with Crippen LogP contribution in [0.15, 0.2) is 18.2 Å². The van der Waals surface area contributed by atoms with Crippen molar-refractivity contribution in [3.63, 3.8) is 0 Å². The zero-order valence-corrected chi connectivity index (χ0v) is 10.9. The van der Waals surface area contributed by atoms with Crippen molar-refractivity contribution in [2.75, 3.05) is 25.6 Å². The van der Waals surface area contributed by atoms with Crippen LogP contribution in [0.5, 0.6) is 5.75 Å². The molecule has 2 N–H and O–H groups in total. The molecular formula is C14H21NO3. The Hall–Kier alpha value is -1.26. The Balaban J connectivity index is 1.99. The van der Waals surface area contributed by atoms with Gasteiger partial charge in [-0.1, -0.05) is 19.4 Å². The van der Waals surface area contributed by atoms with Crippen LogP contribution in [0.1, 0.15) is 38.0 Å². The summed E-state index contributed by atoms with van der Waals surface area (Å²) in [5, 5.41) is 0. The first-order valence-corrected chi connectivity index (χ1v) is 6.56. The Morgan fingerprint density at radius 1 is 1.33 bits per heavy atom. The predicted molar refractivity (Wildman–Crippen MR) is 70.5 cm³/mol. The Labute approximate surface area is 108 Å². The van der Waals surface area contributed by atoms with Gasteiger partial charge in [-0.05, 0) is 25.0 Å². The third kappa shape index (κ3) is 3.37. The standard InChI is InChI=1S/C14H21NO3/c1-2-3-7-16-13-6-5-11(10-12(13)15)14-17-8-4-9-18-14/h5-6,10,14H,2-4,7-9,15H2,1H3. The van der Waals surface area contributed by atoms with E-state index in [0.717, 1.165) is 43.8 Å². The molecule has 1 aliphatic rings. The summed E-state index contributed by atoms with van der Waals surface area (Å²) in [6.07, 6.45) is 2.81. The highest BCUT2D eigenvalue weighted by Gasteiger charge is 2.17. The summed E-state index contributed by atoms with van der Waals surface area (Å²) in [7, 11) is 0. The van der Waals surface area contributed by atoms with Crippen LogP contribution in [0.3, 0.4) is 0 Å². The molecule has 0 amide bonds. The summed E-state index contributed by atoms with van der Waals surface area (Å²) < 4.78 is 16.7. The molecule has 2 rings (SSSR count). The average molecular weight is 251 g/mol. The number of rotatable bonds is 5. The van der Waals surface area contributed by atoms with E-state index in [-0.39, 0.29) is 6.29 Å². The lowest BCUT2D eigenvalue weighted by Crippen LogP contribution is -2.17. The van der Waals surface area contributed by atoms with Crippen molar-refractivity contribution in [3.8, 4) is 5.75 Å². The van der Waals surface area contributed by atoms with Gasteiger partial charge in [0, 0.05) is 5.56 Å². The molecule has 0 spiro atoms. The lowest BCUT2D eigenvalue weighted by molar-refractivity contribution is -0.183. The predicted octanol–water partition coefficient (Wildman–Crippen LogP) is 2.88. The number of unbranched alkanes of at least 4 members (excludes halogenated alkanes) is 1. The normalized spacial score (nSPS) is 16.7. The van der Waals surface area contributed by atoms with Crippen LogP contribution in [-0.4, -0.2) is 19.8 Å². The highest BCUT2D eigenvalue weighted by Crippen LogP contribution is 2.29. The highest BCUT2D eigenvalue weighted by atomic mass is 16.7. The van der Waals surface area contributed by atoms with E-state index in [1.165, 1.54) is 0 Å².